The fourth-order valence-corrected chi connectivity index (χ4v) is 2.69. The Morgan fingerprint density at radius 2 is 1.90 bits per heavy atom. The van der Waals surface area contributed by atoms with Crippen molar-refractivity contribution in [2.75, 3.05) is 20.1 Å². The minimum atomic E-state index is -4.68. The fraction of sp³-hybridized carbons (Fsp3) is 0.667. The van der Waals surface area contributed by atoms with E-state index in [4.69, 9.17) is 11.6 Å². The van der Waals surface area contributed by atoms with Gasteiger partial charge in [-0.25, -0.2) is 0 Å². The lowest BCUT2D eigenvalue weighted by atomic mass is 10.1. The van der Waals surface area contributed by atoms with Gasteiger partial charge in [0.2, 0.25) is 0 Å². The number of aromatic nitrogens is 2. The van der Waals surface area contributed by atoms with Gasteiger partial charge in [0.15, 0.2) is 5.69 Å². The van der Waals surface area contributed by atoms with Gasteiger partial charge in [0.05, 0.1) is 0 Å². The number of piperidine rings is 1. The van der Waals surface area contributed by atoms with Crippen LogP contribution < -0.4 is 5.32 Å². The summed E-state index contributed by atoms with van der Waals surface area (Å²) in [4.78, 5) is 14.3. The molecule has 1 aromatic heterocycles. The number of halogens is 4. The second kappa shape index (κ2) is 5.84. The first kappa shape index (κ1) is 16.1. The summed E-state index contributed by atoms with van der Waals surface area (Å²) in [6, 6.07) is -0.0611. The molecule has 0 aromatic carbocycles. The van der Waals surface area contributed by atoms with Crippen molar-refractivity contribution in [3.05, 3.63) is 16.4 Å². The summed E-state index contributed by atoms with van der Waals surface area (Å²) in [6.07, 6.45) is -3.17. The monoisotopic (exact) mass is 324 g/mol. The van der Waals surface area contributed by atoms with Crippen molar-refractivity contribution in [1.29, 1.82) is 0 Å². The number of aryl methyl sites for hydroxylation is 1. The van der Waals surface area contributed by atoms with Crippen molar-refractivity contribution in [2.24, 2.45) is 7.05 Å². The number of carbonyl (C=O) groups excluding carboxylic acids is 1. The van der Waals surface area contributed by atoms with Gasteiger partial charge >= 0.3 is 6.18 Å². The van der Waals surface area contributed by atoms with Crippen LogP contribution in [0.4, 0.5) is 13.2 Å². The van der Waals surface area contributed by atoms with Crippen molar-refractivity contribution in [3.8, 4) is 0 Å². The van der Waals surface area contributed by atoms with Gasteiger partial charge in [-0.1, -0.05) is 11.6 Å². The van der Waals surface area contributed by atoms with Crippen LogP contribution in [-0.2, 0) is 13.2 Å². The van der Waals surface area contributed by atoms with Crippen LogP contribution in [-0.4, -0.2) is 46.8 Å². The normalized spacial score (nSPS) is 18.0. The molecule has 21 heavy (non-hydrogen) atoms. The van der Waals surface area contributed by atoms with E-state index in [1.165, 1.54) is 7.05 Å². The first-order chi connectivity index (χ1) is 9.70. The van der Waals surface area contributed by atoms with Gasteiger partial charge < -0.3 is 10.2 Å². The summed E-state index contributed by atoms with van der Waals surface area (Å²) in [5, 5.41) is 5.37. The van der Waals surface area contributed by atoms with E-state index < -0.39 is 22.8 Å². The maximum atomic E-state index is 12.7. The number of likely N-dealkylation sites (tertiary alicyclic amines) is 1. The molecule has 2 heterocycles. The zero-order valence-corrected chi connectivity index (χ0v) is 12.4. The summed E-state index contributed by atoms with van der Waals surface area (Å²) < 4.78 is 39.0. The quantitative estimate of drug-likeness (QED) is 0.904. The number of amides is 1. The third-order valence-corrected chi connectivity index (χ3v) is 3.88. The maximum absolute atomic E-state index is 12.7. The zero-order valence-electron chi connectivity index (χ0n) is 11.7. The molecule has 1 aliphatic rings. The summed E-state index contributed by atoms with van der Waals surface area (Å²) in [6.45, 7) is 1.66. The number of hydrogen-bond acceptors (Lipinski definition) is 3. The lowest BCUT2D eigenvalue weighted by molar-refractivity contribution is -0.141. The van der Waals surface area contributed by atoms with Gasteiger partial charge in [0, 0.05) is 13.1 Å². The van der Waals surface area contributed by atoms with Gasteiger partial charge in [0.25, 0.3) is 5.91 Å². The Morgan fingerprint density at radius 3 is 2.38 bits per heavy atom. The van der Waals surface area contributed by atoms with Crippen LogP contribution in [0, 0.1) is 0 Å². The Morgan fingerprint density at radius 1 is 1.33 bits per heavy atom. The fourth-order valence-electron chi connectivity index (χ4n) is 2.33. The molecule has 2 rings (SSSR count). The molecule has 1 N–H and O–H groups in total. The highest BCUT2D eigenvalue weighted by molar-refractivity contribution is 6.34. The Labute approximate surface area is 125 Å². The van der Waals surface area contributed by atoms with E-state index in [1.807, 2.05) is 7.05 Å². The molecule has 1 saturated heterocycles. The van der Waals surface area contributed by atoms with Crippen molar-refractivity contribution >= 4 is 17.5 Å². The van der Waals surface area contributed by atoms with Crippen LogP contribution in [0.1, 0.15) is 29.0 Å². The molecule has 0 spiro atoms. The maximum Gasteiger partial charge on any atom is 0.436 e. The van der Waals surface area contributed by atoms with Crippen LogP contribution in [0.2, 0.25) is 5.02 Å². The van der Waals surface area contributed by atoms with E-state index in [0.29, 0.717) is 0 Å². The minimum absolute atomic E-state index is 0.0611. The predicted molar refractivity (Wildman–Crippen MR) is 71.2 cm³/mol. The zero-order chi connectivity index (χ0) is 15.8. The van der Waals surface area contributed by atoms with E-state index in [1.54, 1.807) is 0 Å². The summed E-state index contributed by atoms with van der Waals surface area (Å²) in [5.74, 6) is -0.625. The van der Waals surface area contributed by atoms with Crippen molar-refractivity contribution in [3.63, 3.8) is 0 Å². The van der Waals surface area contributed by atoms with E-state index >= 15 is 0 Å². The SMILES string of the molecule is CN1CCC(NC(=O)c2c(Cl)c(C(F)(F)F)nn2C)CC1. The number of nitrogens with zero attached hydrogens (tertiary/aromatic N) is 3. The van der Waals surface area contributed by atoms with Crippen molar-refractivity contribution in [1.82, 2.24) is 20.0 Å². The van der Waals surface area contributed by atoms with Gasteiger partial charge in [-0.05, 0) is 33.0 Å². The van der Waals surface area contributed by atoms with Crippen molar-refractivity contribution < 1.29 is 18.0 Å². The van der Waals surface area contributed by atoms with Crippen LogP contribution in [0.5, 0.6) is 0 Å². The average molecular weight is 325 g/mol. The number of alkyl halides is 3. The Balaban J connectivity index is 2.15. The van der Waals surface area contributed by atoms with Crippen LogP contribution in [0.25, 0.3) is 0 Å². The predicted octanol–water partition coefficient (Wildman–Crippen LogP) is 1.92. The summed E-state index contributed by atoms with van der Waals surface area (Å²) in [5.41, 5.74) is -1.50. The standard InChI is InChI=1S/C12H16ClF3N4O/c1-19-5-3-7(4-6-19)17-11(21)9-8(13)10(12(14,15)16)18-20(9)2/h7H,3-6H2,1-2H3,(H,17,21). The number of rotatable bonds is 2. The minimum Gasteiger partial charge on any atom is -0.348 e. The molecule has 0 atom stereocenters. The molecule has 0 bridgehead atoms. The smallest absolute Gasteiger partial charge is 0.348 e. The highest BCUT2D eigenvalue weighted by atomic mass is 35.5. The molecule has 1 aliphatic heterocycles. The molecule has 1 amide bonds. The number of carbonyl (C=O) groups is 1. The topological polar surface area (TPSA) is 50.2 Å². The second-order valence-electron chi connectivity index (χ2n) is 5.18. The lowest BCUT2D eigenvalue weighted by Gasteiger charge is -2.29. The third kappa shape index (κ3) is 3.49. The Hall–Kier alpha value is -1.28. The molecule has 1 fully saturated rings. The molecule has 9 heteroatoms. The van der Waals surface area contributed by atoms with Crippen LogP contribution in [0.3, 0.4) is 0 Å². The highest BCUT2D eigenvalue weighted by Crippen LogP contribution is 2.35. The molecule has 118 valence electrons. The van der Waals surface area contributed by atoms with Crippen molar-refractivity contribution in [2.45, 2.75) is 25.1 Å². The summed E-state index contributed by atoms with van der Waals surface area (Å²) in [7, 11) is 3.25. The molecule has 0 radical (unpaired) electrons. The van der Waals surface area contributed by atoms with Gasteiger partial charge in [-0.15, -0.1) is 0 Å². The van der Waals surface area contributed by atoms with Gasteiger partial charge in [-0.3, -0.25) is 9.48 Å². The van der Waals surface area contributed by atoms with E-state index in [2.05, 4.69) is 15.3 Å². The Bertz CT molecular complexity index is 535. The first-order valence-electron chi connectivity index (χ1n) is 6.49. The molecule has 0 aliphatic carbocycles. The molecule has 1 aromatic rings. The van der Waals surface area contributed by atoms with E-state index in [9.17, 15) is 18.0 Å². The number of nitrogens with one attached hydrogen (secondary N) is 1. The number of hydrogen-bond donors (Lipinski definition) is 1. The lowest BCUT2D eigenvalue weighted by Crippen LogP contribution is -2.43. The largest absolute Gasteiger partial charge is 0.436 e. The van der Waals surface area contributed by atoms with E-state index in [-0.39, 0.29) is 11.7 Å². The molecule has 0 saturated carbocycles. The van der Waals surface area contributed by atoms with E-state index in [0.717, 1.165) is 30.6 Å². The van der Waals surface area contributed by atoms with Gasteiger partial charge in [0.1, 0.15) is 10.7 Å². The molecular weight excluding hydrogens is 309 g/mol. The Kier molecular flexibility index (Phi) is 4.48. The third-order valence-electron chi connectivity index (χ3n) is 3.53. The molecular formula is C12H16ClF3N4O. The van der Waals surface area contributed by atoms with Gasteiger partial charge in [-0.2, -0.15) is 18.3 Å². The molecule has 5 nitrogen and oxygen atoms in total. The highest BCUT2D eigenvalue weighted by Gasteiger charge is 2.40. The summed E-state index contributed by atoms with van der Waals surface area (Å²) >= 11 is 5.68. The average Bonchev–Trinajstić information content (AvgIpc) is 2.67. The second-order valence-corrected chi connectivity index (χ2v) is 5.56. The van der Waals surface area contributed by atoms with Crippen LogP contribution in [0.15, 0.2) is 0 Å². The first-order valence-corrected chi connectivity index (χ1v) is 6.87. The van der Waals surface area contributed by atoms with Crippen LogP contribution >= 0.6 is 11.6 Å². The molecule has 0 unspecified atom stereocenters.